The zero-order chi connectivity index (χ0) is 10.7. The Morgan fingerprint density at radius 3 is 3.00 bits per heavy atom. The molecule has 0 aliphatic carbocycles. The van der Waals surface area contributed by atoms with Crippen molar-refractivity contribution in [1.82, 2.24) is 20.3 Å². The smallest absolute Gasteiger partial charge is 0.121 e. The Morgan fingerprint density at radius 2 is 2.33 bits per heavy atom. The van der Waals surface area contributed by atoms with E-state index in [4.69, 9.17) is 0 Å². The van der Waals surface area contributed by atoms with Crippen LogP contribution in [-0.2, 0) is 6.54 Å². The summed E-state index contributed by atoms with van der Waals surface area (Å²) in [6.45, 7) is 2.77. The van der Waals surface area contributed by atoms with Gasteiger partial charge in [0.15, 0.2) is 0 Å². The summed E-state index contributed by atoms with van der Waals surface area (Å²) in [6.07, 6.45) is 3.59. The molecule has 15 heavy (non-hydrogen) atoms. The lowest BCUT2D eigenvalue weighted by Gasteiger charge is -1.95. The standard InChI is InChI=1S/C11H14N4/c1-8-11(9-4-3-5-13-6-9)15-10(14-8)7-12-2/h3-6,12H,7H2,1-2H3,(H,14,15). The second-order valence-corrected chi connectivity index (χ2v) is 3.43. The molecule has 4 nitrogen and oxygen atoms in total. The van der Waals surface area contributed by atoms with E-state index < -0.39 is 0 Å². The van der Waals surface area contributed by atoms with Gasteiger partial charge in [-0.15, -0.1) is 0 Å². The summed E-state index contributed by atoms with van der Waals surface area (Å²) in [7, 11) is 1.90. The van der Waals surface area contributed by atoms with E-state index in [9.17, 15) is 0 Å². The molecule has 4 heteroatoms. The van der Waals surface area contributed by atoms with Crippen LogP contribution in [0.1, 0.15) is 11.5 Å². The summed E-state index contributed by atoms with van der Waals surface area (Å²) < 4.78 is 0. The lowest BCUT2D eigenvalue weighted by molar-refractivity contribution is 0.770. The first-order valence-corrected chi connectivity index (χ1v) is 4.91. The molecule has 0 radical (unpaired) electrons. The van der Waals surface area contributed by atoms with Gasteiger partial charge in [-0.25, -0.2) is 4.98 Å². The highest BCUT2D eigenvalue weighted by atomic mass is 15.0. The maximum atomic E-state index is 4.51. The second-order valence-electron chi connectivity index (χ2n) is 3.43. The van der Waals surface area contributed by atoms with Gasteiger partial charge in [0.25, 0.3) is 0 Å². The van der Waals surface area contributed by atoms with Crippen LogP contribution in [0.3, 0.4) is 0 Å². The SMILES string of the molecule is CNCc1nc(-c2cccnc2)c(C)[nH]1. The number of H-pyrrole nitrogens is 1. The molecule has 0 saturated carbocycles. The average Bonchev–Trinajstić information content (AvgIpc) is 2.61. The molecule has 0 unspecified atom stereocenters. The van der Waals surface area contributed by atoms with Crippen LogP contribution in [0, 0.1) is 6.92 Å². The van der Waals surface area contributed by atoms with Crippen molar-refractivity contribution in [1.29, 1.82) is 0 Å². The third-order valence-corrected chi connectivity index (χ3v) is 2.21. The molecule has 2 heterocycles. The molecule has 0 bridgehead atoms. The first-order chi connectivity index (χ1) is 7.31. The molecule has 2 rings (SSSR count). The number of nitrogens with one attached hydrogen (secondary N) is 2. The van der Waals surface area contributed by atoms with Crippen molar-refractivity contribution in [3.05, 3.63) is 36.0 Å². The van der Waals surface area contributed by atoms with Crippen LogP contribution in [-0.4, -0.2) is 22.0 Å². The van der Waals surface area contributed by atoms with Gasteiger partial charge in [0.05, 0.1) is 12.2 Å². The van der Waals surface area contributed by atoms with E-state index in [0.29, 0.717) is 0 Å². The monoisotopic (exact) mass is 202 g/mol. The molecule has 0 aromatic carbocycles. The maximum absolute atomic E-state index is 4.51. The Hall–Kier alpha value is -1.68. The lowest BCUT2D eigenvalue weighted by atomic mass is 10.2. The van der Waals surface area contributed by atoms with Crippen molar-refractivity contribution in [2.24, 2.45) is 0 Å². The van der Waals surface area contributed by atoms with Crippen molar-refractivity contribution in [2.45, 2.75) is 13.5 Å². The highest BCUT2D eigenvalue weighted by molar-refractivity contribution is 5.60. The molecular weight excluding hydrogens is 188 g/mol. The Labute approximate surface area is 88.8 Å². The summed E-state index contributed by atoms with van der Waals surface area (Å²) >= 11 is 0. The number of nitrogens with zero attached hydrogens (tertiary/aromatic N) is 2. The van der Waals surface area contributed by atoms with Gasteiger partial charge in [-0.05, 0) is 26.1 Å². The summed E-state index contributed by atoms with van der Waals surface area (Å²) in [4.78, 5) is 11.8. The number of aryl methyl sites for hydroxylation is 1. The number of rotatable bonds is 3. The van der Waals surface area contributed by atoms with E-state index in [2.05, 4.69) is 20.3 Å². The Bertz CT molecular complexity index is 433. The summed E-state index contributed by atoms with van der Waals surface area (Å²) in [5.41, 5.74) is 3.11. The lowest BCUT2D eigenvalue weighted by Crippen LogP contribution is -2.06. The van der Waals surface area contributed by atoms with Crippen molar-refractivity contribution in [3.8, 4) is 11.3 Å². The topological polar surface area (TPSA) is 53.6 Å². The molecule has 2 aromatic rings. The molecule has 78 valence electrons. The van der Waals surface area contributed by atoms with Crippen molar-refractivity contribution < 1.29 is 0 Å². The van der Waals surface area contributed by atoms with Crippen LogP contribution in [0.15, 0.2) is 24.5 Å². The molecule has 0 amide bonds. The number of hydrogen-bond acceptors (Lipinski definition) is 3. The number of imidazole rings is 1. The average molecular weight is 202 g/mol. The fourth-order valence-corrected chi connectivity index (χ4v) is 1.56. The van der Waals surface area contributed by atoms with Gasteiger partial charge >= 0.3 is 0 Å². The molecule has 0 saturated heterocycles. The molecule has 0 spiro atoms. The van der Waals surface area contributed by atoms with Crippen LogP contribution >= 0.6 is 0 Å². The van der Waals surface area contributed by atoms with Gasteiger partial charge in [0.1, 0.15) is 5.82 Å². The quantitative estimate of drug-likeness (QED) is 0.793. The van der Waals surface area contributed by atoms with E-state index in [1.165, 1.54) is 0 Å². The van der Waals surface area contributed by atoms with Gasteiger partial charge < -0.3 is 10.3 Å². The fraction of sp³-hybridized carbons (Fsp3) is 0.273. The molecule has 0 aliphatic heterocycles. The molecule has 2 aromatic heterocycles. The molecule has 0 atom stereocenters. The molecule has 0 aliphatic rings. The first kappa shape index (κ1) is 9.86. The Kier molecular flexibility index (Phi) is 2.78. The summed E-state index contributed by atoms with van der Waals surface area (Å²) in [5.74, 6) is 0.953. The van der Waals surface area contributed by atoms with E-state index in [0.717, 1.165) is 29.3 Å². The molecule has 0 fully saturated rings. The third kappa shape index (κ3) is 2.05. The summed E-state index contributed by atoms with van der Waals surface area (Å²) in [6, 6.07) is 3.93. The molecule has 2 N–H and O–H groups in total. The van der Waals surface area contributed by atoms with Crippen LogP contribution in [0.4, 0.5) is 0 Å². The van der Waals surface area contributed by atoms with Gasteiger partial charge in [-0.2, -0.15) is 0 Å². The maximum Gasteiger partial charge on any atom is 0.121 e. The van der Waals surface area contributed by atoms with Crippen LogP contribution < -0.4 is 5.32 Å². The van der Waals surface area contributed by atoms with Crippen LogP contribution in [0.2, 0.25) is 0 Å². The number of hydrogen-bond donors (Lipinski definition) is 2. The zero-order valence-corrected chi connectivity index (χ0v) is 8.91. The van der Waals surface area contributed by atoms with Crippen LogP contribution in [0.5, 0.6) is 0 Å². The van der Waals surface area contributed by atoms with Crippen molar-refractivity contribution in [2.75, 3.05) is 7.05 Å². The number of aromatic amines is 1. The Morgan fingerprint density at radius 1 is 1.47 bits per heavy atom. The number of aromatic nitrogens is 3. The largest absolute Gasteiger partial charge is 0.344 e. The normalized spacial score (nSPS) is 10.5. The Balaban J connectivity index is 2.36. The summed E-state index contributed by atoms with van der Waals surface area (Å²) in [5, 5.41) is 3.07. The van der Waals surface area contributed by atoms with Gasteiger partial charge in [-0.1, -0.05) is 0 Å². The van der Waals surface area contributed by atoms with E-state index in [-0.39, 0.29) is 0 Å². The van der Waals surface area contributed by atoms with Gasteiger partial charge in [0, 0.05) is 23.7 Å². The molecular formula is C11H14N4. The third-order valence-electron chi connectivity index (χ3n) is 2.21. The van der Waals surface area contributed by atoms with Crippen LogP contribution in [0.25, 0.3) is 11.3 Å². The first-order valence-electron chi connectivity index (χ1n) is 4.91. The van der Waals surface area contributed by atoms with Crippen molar-refractivity contribution >= 4 is 0 Å². The predicted molar refractivity (Wildman–Crippen MR) is 59.3 cm³/mol. The van der Waals surface area contributed by atoms with Gasteiger partial charge in [0.2, 0.25) is 0 Å². The van der Waals surface area contributed by atoms with Crippen molar-refractivity contribution in [3.63, 3.8) is 0 Å². The zero-order valence-electron chi connectivity index (χ0n) is 8.91. The van der Waals surface area contributed by atoms with E-state index in [1.54, 1.807) is 6.20 Å². The van der Waals surface area contributed by atoms with E-state index in [1.807, 2.05) is 32.3 Å². The minimum atomic E-state index is 0.751. The number of pyridine rings is 1. The van der Waals surface area contributed by atoms with Gasteiger partial charge in [-0.3, -0.25) is 4.98 Å². The highest BCUT2D eigenvalue weighted by Crippen LogP contribution is 2.19. The second kappa shape index (κ2) is 4.23. The predicted octanol–water partition coefficient (Wildman–Crippen LogP) is 1.50. The highest BCUT2D eigenvalue weighted by Gasteiger charge is 2.07. The fourth-order valence-electron chi connectivity index (χ4n) is 1.56. The minimum absolute atomic E-state index is 0.751. The minimum Gasteiger partial charge on any atom is -0.344 e. The van der Waals surface area contributed by atoms with E-state index >= 15 is 0 Å².